The first-order chi connectivity index (χ1) is 21.5. The molecule has 250 valence electrons. The molecule has 1 saturated heterocycles. The normalized spacial score (nSPS) is 41.2. The van der Waals surface area contributed by atoms with Gasteiger partial charge < -0.3 is 30.1 Å². The van der Waals surface area contributed by atoms with Gasteiger partial charge in [-0.2, -0.15) is 0 Å². The molecule has 1 aliphatic heterocycles. The predicted octanol–water partition coefficient (Wildman–Crippen LogP) is 4.73. The third kappa shape index (κ3) is 5.98. The monoisotopic (exact) mass is 625 g/mol. The maximum atomic E-state index is 12.9. The molecule has 0 amide bonds. The molecule has 0 aromatic heterocycles. The molecule has 1 heterocycles. The largest absolute Gasteiger partial charge is 0.454 e. The van der Waals surface area contributed by atoms with E-state index in [1.165, 1.54) is 0 Å². The molecule has 1 aromatic rings. The molecule has 4 aliphatic carbocycles. The molecule has 6 rings (SSSR count). The summed E-state index contributed by atoms with van der Waals surface area (Å²) in [6, 6.07) is 9.80. The van der Waals surface area contributed by atoms with E-state index in [9.17, 15) is 24.9 Å². The maximum Gasteiger partial charge on any atom is 0.345 e. The van der Waals surface area contributed by atoms with E-state index < -0.39 is 36.4 Å². The molecule has 0 bridgehead atoms. The molecule has 4 N–H and O–H groups in total. The second-order valence-corrected chi connectivity index (χ2v) is 15.8. The number of rotatable bonds is 8. The van der Waals surface area contributed by atoms with Crippen LogP contribution in [0.3, 0.4) is 0 Å². The van der Waals surface area contributed by atoms with E-state index in [1.54, 1.807) is 0 Å². The van der Waals surface area contributed by atoms with E-state index in [4.69, 9.17) is 9.47 Å². The van der Waals surface area contributed by atoms with Gasteiger partial charge in [-0.1, -0.05) is 51.1 Å². The molecule has 11 atom stereocenters. The van der Waals surface area contributed by atoms with Crippen molar-refractivity contribution in [3.63, 3.8) is 0 Å². The number of ether oxygens (including phenoxy) is 2. The van der Waals surface area contributed by atoms with Gasteiger partial charge in [-0.25, -0.2) is 4.79 Å². The van der Waals surface area contributed by atoms with Crippen molar-refractivity contribution in [1.29, 1.82) is 0 Å². The first-order valence-corrected chi connectivity index (χ1v) is 17.7. The van der Waals surface area contributed by atoms with Crippen molar-refractivity contribution in [3.05, 3.63) is 35.9 Å². The zero-order chi connectivity index (χ0) is 32.0. The summed E-state index contributed by atoms with van der Waals surface area (Å²) >= 11 is 0. The summed E-state index contributed by atoms with van der Waals surface area (Å²) in [5.74, 6) is 0.488. The minimum Gasteiger partial charge on any atom is -0.454 e. The SMILES string of the molecule is C[C@H](CCC(=O)OCC(=O)OC1(c2ccccc2)CCNCC1)[C@H]1CC[C@H]2[C@@H]3C(O)C[C@@H]4CC(O)CC[C@]4(C)[C@H]3CC(O)[C@]12C. The number of carbonyl (C=O) groups is 2. The first kappa shape index (κ1) is 32.9. The highest BCUT2D eigenvalue weighted by Gasteiger charge is 2.65. The lowest BCUT2D eigenvalue weighted by atomic mass is 9.43. The van der Waals surface area contributed by atoms with Gasteiger partial charge >= 0.3 is 11.9 Å². The third-order valence-electron chi connectivity index (χ3n) is 13.7. The molecule has 0 spiro atoms. The summed E-state index contributed by atoms with van der Waals surface area (Å²) < 4.78 is 11.4. The molecule has 4 saturated carbocycles. The highest BCUT2D eigenvalue weighted by atomic mass is 16.6. The molecule has 5 aliphatic rings. The van der Waals surface area contributed by atoms with Crippen molar-refractivity contribution in [1.82, 2.24) is 5.32 Å². The molecule has 1 aromatic carbocycles. The van der Waals surface area contributed by atoms with Crippen LogP contribution in [-0.2, 0) is 24.7 Å². The Labute approximate surface area is 268 Å². The Bertz CT molecular complexity index is 1200. The molecular weight excluding hydrogens is 570 g/mol. The van der Waals surface area contributed by atoms with Crippen LogP contribution in [-0.4, -0.2) is 65.3 Å². The zero-order valence-corrected chi connectivity index (χ0v) is 27.5. The van der Waals surface area contributed by atoms with Crippen molar-refractivity contribution >= 4 is 11.9 Å². The molecule has 8 heteroatoms. The van der Waals surface area contributed by atoms with E-state index in [2.05, 4.69) is 26.1 Å². The number of carbonyl (C=O) groups excluding carboxylic acids is 2. The standard InChI is InChI=1S/C37H55NO7/c1-23(9-12-32(42)44-22-33(43)45-37(15-17-38-18-16-37)24-7-5-4-6-8-24)27-10-11-28-34-29(21-31(41)36(27,28)3)35(2)14-13-26(39)19-25(35)20-30(34)40/h4-8,23,25-31,34,38-41H,9-22H2,1-3H3/t23-,25+,26?,27-,28+,29+,30?,31?,34+,35+,36-/m1/s1. The number of hydrogen-bond donors (Lipinski definition) is 4. The number of nitrogens with one attached hydrogen (secondary N) is 1. The number of hydrogen-bond acceptors (Lipinski definition) is 8. The van der Waals surface area contributed by atoms with Gasteiger partial charge in [0, 0.05) is 19.3 Å². The lowest BCUT2D eigenvalue weighted by molar-refractivity contribution is -0.207. The minimum absolute atomic E-state index is 0.0503. The van der Waals surface area contributed by atoms with Crippen LogP contribution in [0.2, 0.25) is 0 Å². The number of aliphatic hydroxyl groups excluding tert-OH is 3. The summed E-state index contributed by atoms with van der Waals surface area (Å²) in [6.45, 7) is 7.87. The molecule has 45 heavy (non-hydrogen) atoms. The fourth-order valence-corrected chi connectivity index (χ4v) is 11.2. The van der Waals surface area contributed by atoms with Gasteiger partial charge in [-0.05, 0) is 116 Å². The number of aliphatic hydroxyl groups is 3. The van der Waals surface area contributed by atoms with Crippen LogP contribution >= 0.6 is 0 Å². The fraction of sp³-hybridized carbons (Fsp3) is 0.784. The maximum absolute atomic E-state index is 12.9. The van der Waals surface area contributed by atoms with Gasteiger partial charge in [0.05, 0.1) is 18.3 Å². The summed E-state index contributed by atoms with van der Waals surface area (Å²) in [7, 11) is 0. The Hall–Kier alpha value is -2.00. The Morgan fingerprint density at radius 1 is 0.933 bits per heavy atom. The van der Waals surface area contributed by atoms with Crippen molar-refractivity contribution in [2.45, 2.75) is 115 Å². The second kappa shape index (κ2) is 12.9. The molecular formula is C37H55NO7. The van der Waals surface area contributed by atoms with Crippen LogP contribution in [0.5, 0.6) is 0 Å². The third-order valence-corrected chi connectivity index (χ3v) is 13.7. The summed E-state index contributed by atoms with van der Waals surface area (Å²) in [5.41, 5.74) is -0.00441. The smallest absolute Gasteiger partial charge is 0.345 e. The summed E-state index contributed by atoms with van der Waals surface area (Å²) in [5, 5.41) is 37.0. The number of piperidine rings is 1. The summed E-state index contributed by atoms with van der Waals surface area (Å²) in [4.78, 5) is 25.7. The van der Waals surface area contributed by atoms with Crippen molar-refractivity contribution in [2.24, 2.45) is 46.3 Å². The average molecular weight is 626 g/mol. The van der Waals surface area contributed by atoms with E-state index in [0.717, 1.165) is 57.2 Å². The highest BCUT2D eigenvalue weighted by molar-refractivity contribution is 5.76. The number of benzene rings is 1. The van der Waals surface area contributed by atoms with Crippen molar-refractivity contribution in [2.75, 3.05) is 19.7 Å². The first-order valence-electron chi connectivity index (χ1n) is 17.7. The number of fused-ring (bicyclic) bond motifs is 5. The average Bonchev–Trinajstić information content (AvgIpc) is 3.39. The minimum atomic E-state index is -0.707. The van der Waals surface area contributed by atoms with Crippen molar-refractivity contribution in [3.8, 4) is 0 Å². The quantitative estimate of drug-likeness (QED) is 0.306. The van der Waals surface area contributed by atoms with Gasteiger partial charge in [0.15, 0.2) is 6.61 Å². The van der Waals surface area contributed by atoms with Crippen molar-refractivity contribution < 1.29 is 34.4 Å². The molecule has 8 nitrogen and oxygen atoms in total. The summed E-state index contributed by atoms with van der Waals surface area (Å²) in [6.07, 6.45) is 6.98. The topological polar surface area (TPSA) is 125 Å². The zero-order valence-electron chi connectivity index (χ0n) is 27.5. The number of esters is 2. The Balaban J connectivity index is 1.04. The van der Waals surface area contributed by atoms with Gasteiger partial charge in [-0.15, -0.1) is 0 Å². The van der Waals surface area contributed by atoms with Crippen LogP contribution in [0, 0.1) is 46.3 Å². The highest BCUT2D eigenvalue weighted by Crippen LogP contribution is 2.68. The van der Waals surface area contributed by atoms with Crippen LogP contribution in [0.4, 0.5) is 0 Å². The molecule has 0 radical (unpaired) electrons. The van der Waals surface area contributed by atoms with Gasteiger partial charge in [0.2, 0.25) is 0 Å². The van der Waals surface area contributed by atoms with Crippen LogP contribution < -0.4 is 5.32 Å². The van der Waals surface area contributed by atoms with Gasteiger partial charge in [0.1, 0.15) is 5.60 Å². The predicted molar refractivity (Wildman–Crippen MR) is 170 cm³/mol. The lowest BCUT2D eigenvalue weighted by Crippen LogP contribution is -2.62. The fourth-order valence-electron chi connectivity index (χ4n) is 11.2. The van der Waals surface area contributed by atoms with Crippen LogP contribution in [0.1, 0.15) is 97.0 Å². The molecule has 3 unspecified atom stereocenters. The van der Waals surface area contributed by atoms with E-state index in [0.29, 0.717) is 31.6 Å². The van der Waals surface area contributed by atoms with Gasteiger partial charge in [-0.3, -0.25) is 4.79 Å². The second-order valence-electron chi connectivity index (χ2n) is 15.8. The lowest BCUT2D eigenvalue weighted by Gasteiger charge is -2.63. The van der Waals surface area contributed by atoms with E-state index >= 15 is 0 Å². The van der Waals surface area contributed by atoms with E-state index in [1.807, 2.05) is 30.3 Å². The van der Waals surface area contributed by atoms with Gasteiger partial charge in [0.25, 0.3) is 0 Å². The van der Waals surface area contributed by atoms with Crippen LogP contribution in [0.25, 0.3) is 0 Å². The molecule has 5 fully saturated rings. The Morgan fingerprint density at radius 3 is 2.40 bits per heavy atom. The Morgan fingerprint density at radius 2 is 1.67 bits per heavy atom. The van der Waals surface area contributed by atoms with Crippen LogP contribution in [0.15, 0.2) is 30.3 Å². The van der Waals surface area contributed by atoms with E-state index in [-0.39, 0.29) is 52.9 Å². The Kier molecular flexibility index (Phi) is 9.43.